The van der Waals surface area contributed by atoms with Crippen molar-refractivity contribution in [2.45, 2.75) is 45.3 Å². The van der Waals surface area contributed by atoms with Gasteiger partial charge in [0, 0.05) is 35.9 Å². The molecule has 2 aromatic carbocycles. The van der Waals surface area contributed by atoms with Gasteiger partial charge in [0.25, 0.3) is 17.7 Å². The third kappa shape index (κ3) is 5.60. The van der Waals surface area contributed by atoms with E-state index in [1.165, 1.54) is 6.20 Å². The van der Waals surface area contributed by atoms with Crippen LogP contribution in [-0.2, 0) is 4.79 Å². The van der Waals surface area contributed by atoms with Gasteiger partial charge in [0.05, 0.1) is 17.6 Å². The molecule has 43 heavy (non-hydrogen) atoms. The van der Waals surface area contributed by atoms with Crippen molar-refractivity contribution >= 4 is 40.2 Å². The molecule has 2 bridgehead atoms. The molecule has 10 heteroatoms. The number of nitrogens with one attached hydrogen (secondary N) is 3. The minimum atomic E-state index is -0.744. The Hall–Kier alpha value is -4.99. The summed E-state index contributed by atoms with van der Waals surface area (Å²) in [5, 5.41) is 6.70. The van der Waals surface area contributed by atoms with Crippen LogP contribution in [0.3, 0.4) is 0 Å². The van der Waals surface area contributed by atoms with E-state index < -0.39 is 11.5 Å². The lowest BCUT2D eigenvalue weighted by atomic mass is 9.85. The Morgan fingerprint density at radius 3 is 2.23 bits per heavy atom. The molecule has 2 aliphatic rings. The zero-order valence-electron chi connectivity index (χ0n) is 24.3. The minimum Gasteiger partial charge on any atom is -0.351 e. The van der Waals surface area contributed by atoms with Crippen molar-refractivity contribution in [2.75, 3.05) is 18.4 Å². The highest BCUT2D eigenvalue weighted by Crippen LogP contribution is 2.34. The van der Waals surface area contributed by atoms with Gasteiger partial charge in [0.15, 0.2) is 0 Å². The van der Waals surface area contributed by atoms with Crippen LogP contribution in [0.1, 0.15) is 58.5 Å². The Labute approximate surface area is 249 Å². The second-order valence-corrected chi connectivity index (χ2v) is 12.3. The summed E-state index contributed by atoms with van der Waals surface area (Å²) in [6.07, 6.45) is 2.07. The quantitative estimate of drug-likeness (QED) is 0.318. The number of amides is 4. The number of anilines is 1. The molecule has 2 saturated heterocycles. The van der Waals surface area contributed by atoms with E-state index in [-0.39, 0.29) is 41.4 Å². The van der Waals surface area contributed by atoms with Crippen LogP contribution in [0.15, 0.2) is 79.0 Å². The van der Waals surface area contributed by atoms with Crippen molar-refractivity contribution in [3.63, 3.8) is 0 Å². The van der Waals surface area contributed by atoms with Crippen molar-refractivity contribution in [1.29, 1.82) is 0 Å². The molecule has 0 saturated carbocycles. The predicted molar refractivity (Wildman–Crippen MR) is 163 cm³/mol. The van der Waals surface area contributed by atoms with Crippen LogP contribution >= 0.6 is 0 Å². The van der Waals surface area contributed by atoms with E-state index in [0.29, 0.717) is 36.5 Å². The molecule has 3 unspecified atom stereocenters. The highest BCUT2D eigenvalue weighted by molar-refractivity contribution is 6.04. The molecule has 2 fully saturated rings. The summed E-state index contributed by atoms with van der Waals surface area (Å²) in [6.45, 7) is 6.57. The van der Waals surface area contributed by atoms with Crippen LogP contribution in [0.2, 0.25) is 0 Å². The molecule has 220 valence electrons. The first-order valence-electron chi connectivity index (χ1n) is 14.4. The number of nitrogens with zero attached hydrogens (tertiary/aromatic N) is 3. The van der Waals surface area contributed by atoms with E-state index in [9.17, 15) is 19.2 Å². The average molecular weight is 579 g/mol. The number of aromatic amines is 1. The van der Waals surface area contributed by atoms with E-state index in [0.717, 1.165) is 10.9 Å². The van der Waals surface area contributed by atoms with Gasteiger partial charge < -0.3 is 25.4 Å². The van der Waals surface area contributed by atoms with E-state index in [4.69, 9.17) is 0 Å². The lowest BCUT2D eigenvalue weighted by molar-refractivity contribution is -0.138. The van der Waals surface area contributed by atoms with Gasteiger partial charge in [-0.15, -0.1) is 0 Å². The molecule has 4 amide bonds. The van der Waals surface area contributed by atoms with Crippen LogP contribution < -0.4 is 10.6 Å². The molecule has 4 heterocycles. The third-order valence-electron chi connectivity index (χ3n) is 8.22. The zero-order chi connectivity index (χ0) is 30.3. The number of carbonyl (C=O) groups is 4. The van der Waals surface area contributed by atoms with Crippen LogP contribution in [0.5, 0.6) is 0 Å². The summed E-state index contributed by atoms with van der Waals surface area (Å²) in [5.41, 5.74) is 1.99. The van der Waals surface area contributed by atoms with Crippen molar-refractivity contribution < 1.29 is 19.2 Å². The zero-order valence-corrected chi connectivity index (χ0v) is 24.3. The summed E-state index contributed by atoms with van der Waals surface area (Å²) in [6, 6.07) is 20.7. The number of para-hydroxylation sites is 2. The fraction of sp³-hybridized carbons (Fsp3) is 0.303. The highest BCUT2D eigenvalue weighted by atomic mass is 16.2. The second-order valence-electron chi connectivity index (χ2n) is 12.3. The van der Waals surface area contributed by atoms with Crippen LogP contribution in [0.25, 0.3) is 10.9 Å². The third-order valence-corrected chi connectivity index (χ3v) is 8.22. The Balaban J connectivity index is 1.10. The number of H-pyrrole nitrogens is 1. The maximum absolute atomic E-state index is 13.8. The lowest BCUT2D eigenvalue weighted by Gasteiger charge is -2.39. The molecule has 0 aliphatic carbocycles. The number of fused-ring (bicyclic) bond motifs is 3. The molecule has 6 rings (SSSR count). The molecular weight excluding hydrogens is 544 g/mol. The fourth-order valence-corrected chi connectivity index (χ4v) is 5.93. The first-order valence-corrected chi connectivity index (χ1v) is 14.4. The van der Waals surface area contributed by atoms with E-state index >= 15 is 0 Å². The maximum Gasteiger partial charge on any atom is 0.272 e. The maximum atomic E-state index is 13.8. The number of hydrogen-bond donors (Lipinski definition) is 3. The summed E-state index contributed by atoms with van der Waals surface area (Å²) in [5.74, 6) is -1.02. The van der Waals surface area contributed by atoms with E-state index in [1.807, 2.05) is 63.2 Å². The second kappa shape index (κ2) is 11.0. The van der Waals surface area contributed by atoms with Gasteiger partial charge in [-0.2, -0.15) is 0 Å². The summed E-state index contributed by atoms with van der Waals surface area (Å²) in [7, 11) is 0. The number of rotatable bonds is 6. The molecule has 3 N–H and O–H groups in total. The Morgan fingerprint density at radius 1 is 0.884 bits per heavy atom. The first-order chi connectivity index (χ1) is 20.6. The number of likely N-dealkylation sites (tertiary alicyclic amines) is 2. The molecule has 4 aromatic rings. The van der Waals surface area contributed by atoms with Gasteiger partial charge in [-0.05, 0) is 48.2 Å². The normalized spacial score (nSPS) is 18.5. The smallest absolute Gasteiger partial charge is 0.272 e. The Kier molecular flexibility index (Phi) is 7.21. The van der Waals surface area contributed by atoms with E-state index in [2.05, 4.69) is 20.6 Å². The largest absolute Gasteiger partial charge is 0.351 e. The molecule has 0 spiro atoms. The summed E-state index contributed by atoms with van der Waals surface area (Å²) in [4.78, 5) is 63.9. The molecular formula is C33H34N6O4. The topological polar surface area (TPSA) is 127 Å². The average Bonchev–Trinajstić information content (AvgIpc) is 3.74. The van der Waals surface area contributed by atoms with Crippen LogP contribution in [0, 0.1) is 5.41 Å². The highest BCUT2D eigenvalue weighted by Gasteiger charge is 2.50. The molecule has 3 atom stereocenters. The predicted octanol–water partition coefficient (Wildman–Crippen LogP) is 4.09. The molecule has 2 aromatic heterocycles. The van der Waals surface area contributed by atoms with Crippen LogP contribution in [0.4, 0.5) is 5.69 Å². The van der Waals surface area contributed by atoms with Gasteiger partial charge in [0.1, 0.15) is 17.4 Å². The number of benzene rings is 2. The number of carbonyl (C=O) groups excluding carboxylic acids is 4. The molecule has 10 nitrogen and oxygen atoms in total. The van der Waals surface area contributed by atoms with Crippen molar-refractivity contribution in [3.8, 4) is 0 Å². The fourth-order valence-electron chi connectivity index (χ4n) is 5.93. The minimum absolute atomic E-state index is 0.144. The van der Waals surface area contributed by atoms with E-state index in [1.54, 1.807) is 40.1 Å². The van der Waals surface area contributed by atoms with Crippen LogP contribution in [-0.4, -0.2) is 74.6 Å². The van der Waals surface area contributed by atoms with Gasteiger partial charge in [-0.3, -0.25) is 24.2 Å². The number of aromatic nitrogens is 2. The van der Waals surface area contributed by atoms with Gasteiger partial charge >= 0.3 is 0 Å². The molecule has 0 radical (unpaired) electrons. The first kappa shape index (κ1) is 28.1. The number of hydrogen-bond acceptors (Lipinski definition) is 5. The molecule has 2 aliphatic heterocycles. The Bertz CT molecular complexity index is 1660. The monoisotopic (exact) mass is 578 g/mol. The van der Waals surface area contributed by atoms with Crippen molar-refractivity contribution in [3.05, 3.63) is 95.9 Å². The summed E-state index contributed by atoms with van der Waals surface area (Å²) < 4.78 is 0. The van der Waals surface area contributed by atoms with Gasteiger partial charge in [-0.1, -0.05) is 57.2 Å². The van der Waals surface area contributed by atoms with Crippen molar-refractivity contribution in [2.24, 2.45) is 5.41 Å². The SMILES string of the molecule is CC(C)(C)C(NC(=O)c1cc2ccccc2[nH]1)C(=O)N1CC2CC1CN2C(=O)c1ccc(C(=O)Nc2ccccc2)cn1. The van der Waals surface area contributed by atoms with Gasteiger partial charge in [-0.25, -0.2) is 0 Å². The standard InChI is InChI=1S/C33H34N6O4/c1-33(2,3)28(37-30(41)27-15-20-9-7-8-12-25(20)36-27)32(43)39-19-23-16-24(39)18-38(23)31(42)26-14-13-21(17-34-26)29(40)35-22-10-5-4-6-11-22/h4-15,17,23-24,28,36H,16,18-19H2,1-3H3,(H,35,40)(H,37,41). The van der Waals surface area contributed by atoms with Crippen molar-refractivity contribution in [1.82, 2.24) is 25.1 Å². The number of piperazine rings is 1. The summed E-state index contributed by atoms with van der Waals surface area (Å²) >= 11 is 0. The number of pyridine rings is 1. The van der Waals surface area contributed by atoms with Gasteiger partial charge in [0.2, 0.25) is 5.91 Å². The Morgan fingerprint density at radius 2 is 1.58 bits per heavy atom. The lowest BCUT2D eigenvalue weighted by Crippen LogP contribution is -2.59.